The van der Waals surface area contributed by atoms with Crippen molar-refractivity contribution in [2.45, 2.75) is 159 Å². The Morgan fingerprint density at radius 1 is 0.740 bits per heavy atom. The monoisotopic (exact) mass is 1350 g/mol. The number of aliphatic hydroxyl groups is 2. The second-order valence-electron chi connectivity index (χ2n) is 25.8. The van der Waals surface area contributed by atoms with Gasteiger partial charge in [0.1, 0.15) is 42.0 Å². The number of hydrogen-bond acceptors (Lipinski definition) is 20. The normalized spacial score (nSPS) is 25.3. The van der Waals surface area contributed by atoms with E-state index in [0.717, 1.165) is 24.3 Å². The number of rotatable bonds is 25. The molecule has 96 heavy (non-hydrogen) atoms. The van der Waals surface area contributed by atoms with Gasteiger partial charge >= 0.3 is 30.0 Å². The molecule has 9 N–H and O–H groups in total. The van der Waals surface area contributed by atoms with Crippen molar-refractivity contribution in [1.29, 1.82) is 0 Å². The first-order valence-corrected chi connectivity index (χ1v) is 31.8. The predicted molar refractivity (Wildman–Crippen MR) is 350 cm³/mol. The third-order valence-corrected chi connectivity index (χ3v) is 19.0. The lowest BCUT2D eigenvalue weighted by Gasteiger charge is -2.67. The highest BCUT2D eigenvalue weighted by Crippen LogP contribution is 2.64. The molecule has 14 atom stereocenters. The summed E-state index contributed by atoms with van der Waals surface area (Å²) in [5.41, 5.74) is 4.36. The second kappa shape index (κ2) is 31.5. The quantitative estimate of drug-likeness (QED) is 0.0209. The minimum atomic E-state index is -2.56. The molecule has 2 bridgehead atoms. The zero-order valence-electron chi connectivity index (χ0n) is 55.4. The molecule has 3 aliphatic carbocycles. The van der Waals surface area contributed by atoms with Gasteiger partial charge in [-0.2, -0.15) is 0 Å². The maximum Gasteiger partial charge on any atom is 0.410 e. The molecule has 1 heterocycles. The average molecular weight is 1350 g/mol. The van der Waals surface area contributed by atoms with Crippen molar-refractivity contribution in [2.24, 2.45) is 28.2 Å². The van der Waals surface area contributed by atoms with Crippen molar-refractivity contribution < 1.29 is 86.6 Å². The number of hydrogen-bond donors (Lipinski definition) is 7. The molecule has 0 spiro atoms. The number of ketones is 1. The Kier molecular flexibility index (Phi) is 24.6. The number of carbonyl (C=O) groups excluding carboxylic acids is 10. The van der Waals surface area contributed by atoms with Crippen LogP contribution in [0.15, 0.2) is 132 Å². The number of amides is 5. The molecule has 518 valence electrons. The molecule has 0 aromatic heterocycles. The first kappa shape index (κ1) is 74.8. The molecular formula is C70H88ClN7O18. The number of nitrogens with two attached hydrogens (primary N) is 2. The highest BCUT2D eigenvalue weighted by atomic mass is 35.5. The number of aliphatic hydroxyl groups excluding tert-OH is 1. The molecule has 25 nitrogen and oxygen atoms in total. The zero-order valence-corrected chi connectivity index (χ0v) is 56.2. The number of ether oxygens (including phenoxy) is 6. The van der Waals surface area contributed by atoms with Crippen LogP contribution in [0.2, 0.25) is 0 Å². The van der Waals surface area contributed by atoms with Gasteiger partial charge in [-0.25, -0.2) is 14.4 Å². The first-order chi connectivity index (χ1) is 45.0. The minimum absolute atomic E-state index is 0. The number of Topliss-reactive ketones (excluding diaryl/α,β-unsaturated/α-hetero) is 1. The van der Waals surface area contributed by atoms with Crippen molar-refractivity contribution in [3.05, 3.63) is 155 Å². The molecule has 4 aromatic carbocycles. The number of nitrogens with one attached hydrogen (secondary N) is 3. The molecule has 8 rings (SSSR count). The number of likely N-dealkylation sites (N-methyl/N-ethyl adjacent to an activating group) is 2. The highest BCUT2D eigenvalue weighted by molar-refractivity contribution is 5.97. The van der Waals surface area contributed by atoms with Gasteiger partial charge in [-0.3, -0.25) is 33.6 Å². The van der Waals surface area contributed by atoms with E-state index in [1.165, 1.54) is 77.9 Å². The topological polar surface area (TPSA) is 361 Å². The molecule has 1 saturated heterocycles. The van der Waals surface area contributed by atoms with Gasteiger partial charge < -0.3 is 75.9 Å². The average Bonchev–Trinajstić information content (AvgIpc) is 0.670. The van der Waals surface area contributed by atoms with Crippen LogP contribution >= 0.6 is 12.4 Å². The molecule has 0 unspecified atom stereocenters. The third kappa shape index (κ3) is 15.8. The highest BCUT2D eigenvalue weighted by Gasteiger charge is 2.78. The molecule has 4 aliphatic rings. The number of nitrogens with zero attached hydrogens (tertiary/aromatic N) is 2. The molecule has 3 fully saturated rings. The van der Waals surface area contributed by atoms with E-state index in [0.29, 0.717) is 19.4 Å². The molecule has 2 saturated carbocycles. The summed E-state index contributed by atoms with van der Waals surface area (Å²) < 4.78 is 37.4. The van der Waals surface area contributed by atoms with E-state index < -0.39 is 161 Å². The Morgan fingerprint density at radius 2 is 1.31 bits per heavy atom. The van der Waals surface area contributed by atoms with Crippen LogP contribution < -0.4 is 27.4 Å². The van der Waals surface area contributed by atoms with E-state index >= 15 is 9.59 Å². The lowest BCUT2D eigenvalue weighted by molar-refractivity contribution is -0.346. The number of esters is 4. The van der Waals surface area contributed by atoms with E-state index in [1.807, 2.05) is 0 Å². The van der Waals surface area contributed by atoms with E-state index in [-0.39, 0.29) is 72.6 Å². The summed E-state index contributed by atoms with van der Waals surface area (Å²) in [6, 6.07) is 27.9. The Bertz CT molecular complexity index is 3510. The Labute approximate surface area is 564 Å². The van der Waals surface area contributed by atoms with Crippen molar-refractivity contribution in [1.82, 2.24) is 25.8 Å². The van der Waals surface area contributed by atoms with Gasteiger partial charge in [-0.15, -0.1) is 12.4 Å². The molecule has 5 amide bonds. The summed E-state index contributed by atoms with van der Waals surface area (Å²) >= 11 is 0. The number of benzene rings is 4. The van der Waals surface area contributed by atoms with Crippen molar-refractivity contribution in [2.75, 3.05) is 40.3 Å². The fourth-order valence-corrected chi connectivity index (χ4v) is 13.6. The van der Waals surface area contributed by atoms with E-state index in [9.17, 15) is 48.6 Å². The van der Waals surface area contributed by atoms with E-state index in [1.54, 1.807) is 97.1 Å². The number of unbranched alkanes of at least 4 members (excludes halogenated alkanes) is 1. The molecule has 1 aliphatic heterocycles. The van der Waals surface area contributed by atoms with Gasteiger partial charge in [0.2, 0.25) is 23.8 Å². The van der Waals surface area contributed by atoms with Crippen LogP contribution in [0.4, 0.5) is 4.79 Å². The van der Waals surface area contributed by atoms with Gasteiger partial charge in [0.25, 0.3) is 5.91 Å². The number of halogens is 1. The summed E-state index contributed by atoms with van der Waals surface area (Å²) in [6.07, 6.45) is -11.4. The Morgan fingerprint density at radius 3 is 1.88 bits per heavy atom. The fraction of sp³-hybridized carbons (Fsp3) is 0.486. The van der Waals surface area contributed by atoms with Crippen molar-refractivity contribution >= 4 is 71.8 Å². The van der Waals surface area contributed by atoms with Gasteiger partial charge in [0.05, 0.1) is 35.6 Å². The largest absolute Gasteiger partial charge is 0.455 e. The summed E-state index contributed by atoms with van der Waals surface area (Å²) in [5, 5.41) is 34.9. The Hall–Kier alpha value is -8.59. The summed E-state index contributed by atoms with van der Waals surface area (Å²) in [5.74, 6) is -9.24. The maximum atomic E-state index is 16.0. The predicted octanol–water partition coefficient (Wildman–Crippen LogP) is 4.38. The lowest BCUT2D eigenvalue weighted by Crippen LogP contribution is -2.82. The lowest BCUT2D eigenvalue weighted by atomic mass is 9.44. The van der Waals surface area contributed by atoms with E-state index in [2.05, 4.69) is 16.0 Å². The van der Waals surface area contributed by atoms with E-state index in [4.69, 9.17) is 39.9 Å². The first-order valence-electron chi connectivity index (χ1n) is 31.8. The van der Waals surface area contributed by atoms with Crippen LogP contribution in [-0.2, 0) is 68.4 Å². The maximum absolute atomic E-state index is 16.0. The van der Waals surface area contributed by atoms with Crippen LogP contribution in [0.1, 0.15) is 118 Å². The number of carbonyl (C=O) groups is 10. The van der Waals surface area contributed by atoms with Crippen LogP contribution in [0, 0.1) is 16.7 Å². The van der Waals surface area contributed by atoms with Gasteiger partial charge in [0.15, 0.2) is 17.5 Å². The Balaban J connectivity index is 0.0000130. The van der Waals surface area contributed by atoms with Gasteiger partial charge in [-0.05, 0) is 93.1 Å². The minimum Gasteiger partial charge on any atom is -0.455 e. The second-order valence-corrected chi connectivity index (χ2v) is 25.8. The third-order valence-electron chi connectivity index (χ3n) is 19.0. The van der Waals surface area contributed by atoms with Gasteiger partial charge in [0, 0.05) is 71.3 Å². The molecule has 26 heteroatoms. The summed E-state index contributed by atoms with van der Waals surface area (Å²) in [7, 11) is 2.79. The zero-order chi connectivity index (χ0) is 69.3. The smallest absolute Gasteiger partial charge is 0.410 e. The number of fused-ring (bicyclic) bond motifs is 5. The van der Waals surface area contributed by atoms with Crippen molar-refractivity contribution in [3.8, 4) is 0 Å². The molecular weight excluding hydrogens is 1260 g/mol. The summed E-state index contributed by atoms with van der Waals surface area (Å²) in [6.45, 7) is 9.04. The fourth-order valence-electron chi connectivity index (χ4n) is 13.6. The van der Waals surface area contributed by atoms with Crippen molar-refractivity contribution in [3.63, 3.8) is 0 Å². The molecule has 0 radical (unpaired) electrons. The standard InChI is InChI=1S/C70H87N7O18.ClH/c1-40-50(38-70(89)59(94-64(86)47-30-20-13-21-31-47)57-68(7,51(80)37-52-69(57,39-90-52)95-43(4)79)58(81)55(91-42(3)78)53(40)67(70,5)6)92-65(87)56(54(45-26-16-11-17-27-45)75-61(83)46-28-18-12-19-29-46)93-66(88)77(9)35-34-76(8)63(85)48(32-22-23-33-71)73-62(84)49(74-60(82)41(2)72)36-44-24-14-10-15-25-44;/h10-21,24-31,41,48-52,54-57,59,80,89H,22-23,32-39,71-72H2,1-9H3,(H,73,84)(H,74,82)(H,75,83);1H/t41-,48+,49+,50+,51+,52-,54+,55-,56-,57+,59+,68-,69+,70-;/m1./s1. The van der Waals surface area contributed by atoms with Crippen LogP contribution in [0.5, 0.6) is 0 Å². The van der Waals surface area contributed by atoms with Crippen LogP contribution in [0.3, 0.4) is 0 Å². The van der Waals surface area contributed by atoms with Gasteiger partial charge in [-0.1, -0.05) is 111 Å². The summed E-state index contributed by atoms with van der Waals surface area (Å²) in [4.78, 5) is 146. The van der Waals surface area contributed by atoms with Crippen LogP contribution in [-0.4, -0.2) is 186 Å². The van der Waals surface area contributed by atoms with Crippen LogP contribution in [0.25, 0.3) is 0 Å². The SMILES string of the molecule is CC(=O)O[C@H]1C(=O)[C@@]2(C)[C@H]([C@H](OC(=O)c3ccccc3)[C@]3(O)C[C@H](OC(=O)[C@H](OC(=O)N(C)CCN(C)C(=O)[C@H](CCCCN)NC(=O)[C@H](Cc4ccccc4)NC(=O)[C@@H](C)N)[C@@H](NC(=O)c4ccccc4)c4ccccc4)C(C)=C1C3(C)C)[C@]1(OC(C)=O)CO[C@@H]1C[C@@H]2O.Cl. The molecule has 4 aromatic rings.